The van der Waals surface area contributed by atoms with E-state index in [1.807, 2.05) is 28.5 Å². The summed E-state index contributed by atoms with van der Waals surface area (Å²) in [7, 11) is 0. The molecule has 0 N–H and O–H groups in total. The van der Waals surface area contributed by atoms with Gasteiger partial charge in [-0.3, -0.25) is 0 Å². The molecule has 1 aromatic heterocycles. The second kappa shape index (κ2) is 3.62. The van der Waals surface area contributed by atoms with E-state index in [0.717, 1.165) is 10.7 Å². The van der Waals surface area contributed by atoms with E-state index in [-0.39, 0.29) is 20.4 Å². The van der Waals surface area contributed by atoms with Crippen molar-refractivity contribution >= 4 is 32.0 Å². The molecular weight excluding hydrogens is 285 g/mol. The number of rotatable bonds is 1. The van der Waals surface area contributed by atoms with Gasteiger partial charge in [0.15, 0.2) is 0 Å². The number of hydrogen-bond acceptors (Lipinski definition) is 1. The average Bonchev–Trinajstić information content (AvgIpc) is 2.58. The molecule has 0 radical (unpaired) electrons. The number of hydrogen-bond donors (Lipinski definition) is 0. The van der Waals surface area contributed by atoms with Gasteiger partial charge in [-0.25, -0.2) is 0 Å². The van der Waals surface area contributed by atoms with E-state index < -0.39 is 0 Å². The summed E-state index contributed by atoms with van der Waals surface area (Å²) in [5, 5.41) is 0.776. The van der Waals surface area contributed by atoms with E-state index in [1.54, 1.807) is 0 Å². The van der Waals surface area contributed by atoms with Crippen molar-refractivity contribution in [2.75, 3.05) is 0 Å². The van der Waals surface area contributed by atoms with Gasteiger partial charge in [-0.1, -0.05) is 0 Å². The Morgan fingerprint density at radius 1 is 1.17 bits per heavy atom. The molecule has 0 atom stereocenters. The number of aromatic nitrogens is 1. The molecule has 12 heavy (non-hydrogen) atoms. The third kappa shape index (κ3) is 1.72. The van der Waals surface area contributed by atoms with Crippen molar-refractivity contribution in [2.45, 2.75) is 0 Å². The maximum atomic E-state index is 5.77. The zero-order valence-electron chi connectivity index (χ0n) is 6.20. The van der Waals surface area contributed by atoms with Gasteiger partial charge < -0.3 is 0 Å². The van der Waals surface area contributed by atoms with Crippen LogP contribution in [0.5, 0.6) is 0 Å². The molecule has 0 spiro atoms. The monoisotopic (exact) mass is 293 g/mol. The Hall–Kier alpha value is -0.290. The third-order valence-corrected chi connectivity index (χ3v) is 3.50. The molecule has 0 saturated carbocycles. The van der Waals surface area contributed by atoms with Gasteiger partial charge in [-0.2, -0.15) is 0 Å². The first kappa shape index (κ1) is 8.31. The van der Waals surface area contributed by atoms with Crippen molar-refractivity contribution in [1.29, 1.82) is 0 Å². The molecule has 3 heteroatoms. The van der Waals surface area contributed by atoms with E-state index in [9.17, 15) is 0 Å². The summed E-state index contributed by atoms with van der Waals surface area (Å²) in [6.45, 7) is 0. The van der Waals surface area contributed by atoms with Crippen molar-refractivity contribution in [3.63, 3.8) is 0 Å². The molecule has 0 bridgehead atoms. The molecular formula is C9H6ClNTe. The molecule has 0 unspecified atom stereocenters. The minimum atomic E-state index is -0.0749. The van der Waals surface area contributed by atoms with Crippen molar-refractivity contribution < 1.29 is 0 Å². The van der Waals surface area contributed by atoms with E-state index >= 15 is 0 Å². The van der Waals surface area contributed by atoms with Crippen LogP contribution in [0, 0.1) is 0 Å². The standard InChI is InChI=1S/C9H6ClNTe/c10-8-3-1-7(2-4-8)9-5-12-6-11-9/h1-6H. The Balaban J connectivity index is 2.43. The molecule has 1 nitrogen and oxygen atoms in total. The van der Waals surface area contributed by atoms with Gasteiger partial charge in [-0.05, 0) is 0 Å². The van der Waals surface area contributed by atoms with Crippen LogP contribution in [0.2, 0.25) is 5.02 Å². The van der Waals surface area contributed by atoms with Gasteiger partial charge in [0.2, 0.25) is 0 Å². The van der Waals surface area contributed by atoms with Crippen LogP contribution in [-0.4, -0.2) is 25.4 Å². The van der Waals surface area contributed by atoms with Gasteiger partial charge in [-0.15, -0.1) is 0 Å². The van der Waals surface area contributed by atoms with Crippen molar-refractivity contribution in [1.82, 2.24) is 4.98 Å². The molecule has 0 fully saturated rings. The zero-order chi connectivity index (χ0) is 8.39. The Bertz CT molecular complexity index is 353. The fraction of sp³-hybridized carbons (Fsp3) is 0. The number of benzene rings is 1. The number of nitrogens with zero attached hydrogens (tertiary/aromatic N) is 1. The van der Waals surface area contributed by atoms with Crippen LogP contribution in [0.3, 0.4) is 0 Å². The van der Waals surface area contributed by atoms with Crippen molar-refractivity contribution in [3.8, 4) is 11.3 Å². The van der Waals surface area contributed by atoms with Gasteiger partial charge >= 0.3 is 85.9 Å². The maximum absolute atomic E-state index is 5.77. The second-order valence-electron chi connectivity index (χ2n) is 2.38. The van der Waals surface area contributed by atoms with Crippen LogP contribution >= 0.6 is 11.6 Å². The molecule has 0 aliphatic heterocycles. The first-order valence-electron chi connectivity index (χ1n) is 3.50. The normalized spacial score (nSPS) is 10.1. The predicted octanol–water partition coefficient (Wildman–Crippen LogP) is 2.46. The van der Waals surface area contributed by atoms with Gasteiger partial charge in [0.1, 0.15) is 0 Å². The Morgan fingerprint density at radius 2 is 1.92 bits per heavy atom. The fourth-order valence-electron chi connectivity index (χ4n) is 0.976. The summed E-state index contributed by atoms with van der Waals surface area (Å²) in [5.74, 6) is 0. The topological polar surface area (TPSA) is 12.9 Å². The van der Waals surface area contributed by atoms with E-state index in [2.05, 4.69) is 9.07 Å². The SMILES string of the molecule is Clc1ccc(-c2c[te]cn2)cc1. The summed E-state index contributed by atoms with van der Waals surface area (Å²) in [6.07, 6.45) is 0. The van der Waals surface area contributed by atoms with Crippen molar-refractivity contribution in [2.24, 2.45) is 0 Å². The quantitative estimate of drug-likeness (QED) is 0.736. The molecule has 2 rings (SSSR count). The van der Waals surface area contributed by atoms with E-state index in [0.29, 0.717) is 0 Å². The van der Waals surface area contributed by atoms with Crippen LogP contribution in [0.25, 0.3) is 11.3 Å². The summed E-state index contributed by atoms with van der Waals surface area (Å²) < 4.78 is 4.27. The number of halogens is 1. The second-order valence-corrected chi connectivity index (χ2v) is 4.87. The first-order chi connectivity index (χ1) is 5.86. The van der Waals surface area contributed by atoms with Crippen LogP contribution in [-0.2, 0) is 0 Å². The summed E-state index contributed by atoms with van der Waals surface area (Å²) in [6, 6.07) is 7.80. The summed E-state index contributed by atoms with van der Waals surface area (Å²) in [4.78, 5) is 4.29. The van der Waals surface area contributed by atoms with Crippen molar-refractivity contribution in [3.05, 3.63) is 37.6 Å². The Morgan fingerprint density at radius 3 is 2.50 bits per heavy atom. The fourth-order valence-corrected chi connectivity index (χ4v) is 2.70. The Labute approximate surface area is 85.6 Å². The molecule has 0 aliphatic rings. The van der Waals surface area contributed by atoms with Crippen LogP contribution in [0.4, 0.5) is 0 Å². The van der Waals surface area contributed by atoms with Crippen LogP contribution < -0.4 is 0 Å². The summed E-state index contributed by atoms with van der Waals surface area (Å²) in [5.41, 5.74) is 2.27. The van der Waals surface area contributed by atoms with E-state index in [4.69, 9.17) is 11.6 Å². The zero-order valence-corrected chi connectivity index (χ0v) is 9.28. The molecule has 1 heterocycles. The Kier molecular flexibility index (Phi) is 2.51. The first-order valence-corrected chi connectivity index (χ1v) is 6.57. The van der Waals surface area contributed by atoms with Gasteiger partial charge in [0.25, 0.3) is 0 Å². The molecule has 2 aromatic rings. The predicted molar refractivity (Wildman–Crippen MR) is 51.6 cm³/mol. The molecule has 1 aromatic carbocycles. The minimum absolute atomic E-state index is 0.0749. The van der Waals surface area contributed by atoms with E-state index in [1.165, 1.54) is 5.56 Å². The van der Waals surface area contributed by atoms with Crippen LogP contribution in [0.15, 0.2) is 32.6 Å². The van der Waals surface area contributed by atoms with Gasteiger partial charge in [0.05, 0.1) is 0 Å². The summed E-state index contributed by atoms with van der Waals surface area (Å²) >= 11 is 5.69. The third-order valence-electron chi connectivity index (χ3n) is 1.57. The molecule has 0 aliphatic carbocycles. The molecule has 60 valence electrons. The average molecular weight is 291 g/mol. The molecule has 0 saturated heterocycles. The molecule has 0 amide bonds. The van der Waals surface area contributed by atoms with Gasteiger partial charge in [0, 0.05) is 0 Å². The van der Waals surface area contributed by atoms with Crippen LogP contribution in [0.1, 0.15) is 0 Å².